The molecular weight excluding hydrogens is 332 g/mol. The monoisotopic (exact) mass is 356 g/mol. The van der Waals surface area contributed by atoms with Gasteiger partial charge in [-0.1, -0.05) is 12.1 Å². The zero-order valence-corrected chi connectivity index (χ0v) is 15.2. The van der Waals surface area contributed by atoms with Gasteiger partial charge in [0.15, 0.2) is 0 Å². The van der Waals surface area contributed by atoms with Gasteiger partial charge in [0.1, 0.15) is 6.04 Å². The Morgan fingerprint density at radius 2 is 2.04 bits per heavy atom. The Bertz CT molecular complexity index is 743. The second-order valence-corrected chi connectivity index (χ2v) is 6.49. The van der Waals surface area contributed by atoms with Gasteiger partial charge in [0.25, 0.3) is 0 Å². The van der Waals surface area contributed by atoms with Gasteiger partial charge in [0.2, 0.25) is 5.91 Å². The Morgan fingerprint density at radius 3 is 2.69 bits per heavy atom. The highest BCUT2D eigenvalue weighted by atomic mass is 16.5. The lowest BCUT2D eigenvalue weighted by molar-refractivity contribution is -0.136. The zero-order valence-electron chi connectivity index (χ0n) is 15.2. The van der Waals surface area contributed by atoms with Crippen molar-refractivity contribution in [1.82, 2.24) is 19.6 Å². The topological polar surface area (TPSA) is 67.7 Å². The molecule has 3 rings (SSSR count). The number of piperidine rings is 1. The zero-order chi connectivity index (χ0) is 18.5. The predicted molar refractivity (Wildman–Crippen MR) is 96.8 cm³/mol. The Labute approximate surface area is 153 Å². The summed E-state index contributed by atoms with van der Waals surface area (Å²) in [6.45, 7) is 1.05. The number of hydrogen-bond acceptors (Lipinski definition) is 4. The van der Waals surface area contributed by atoms with Gasteiger partial charge in [-0.15, -0.1) is 0 Å². The first-order valence-corrected chi connectivity index (χ1v) is 8.78. The summed E-state index contributed by atoms with van der Waals surface area (Å²) in [6, 6.07) is 9.35. The summed E-state index contributed by atoms with van der Waals surface area (Å²) in [5, 5.41) is 4.20. The summed E-state index contributed by atoms with van der Waals surface area (Å²) < 4.78 is 6.61. The molecule has 2 heterocycles. The van der Waals surface area contributed by atoms with Gasteiger partial charge in [0, 0.05) is 32.5 Å². The number of hydrogen-bond donors (Lipinski definition) is 0. The second-order valence-electron chi connectivity index (χ2n) is 6.49. The van der Waals surface area contributed by atoms with Gasteiger partial charge in [-0.3, -0.25) is 9.69 Å². The van der Waals surface area contributed by atoms with Crippen molar-refractivity contribution in [1.29, 1.82) is 0 Å². The van der Waals surface area contributed by atoms with Crippen molar-refractivity contribution in [2.75, 3.05) is 20.7 Å². The molecule has 138 valence electrons. The average Bonchev–Trinajstić information content (AvgIpc) is 3.22. The second kappa shape index (κ2) is 8.03. The number of methoxy groups -OCH3 is 1. The molecule has 2 aromatic rings. The van der Waals surface area contributed by atoms with Crippen LogP contribution in [0, 0.1) is 0 Å². The van der Waals surface area contributed by atoms with Crippen LogP contribution in [0.4, 0.5) is 4.79 Å². The van der Waals surface area contributed by atoms with Gasteiger partial charge in [-0.2, -0.15) is 5.10 Å². The summed E-state index contributed by atoms with van der Waals surface area (Å²) in [5.74, 6) is -0.0498. The van der Waals surface area contributed by atoms with Crippen LogP contribution in [0.1, 0.15) is 24.8 Å². The molecule has 1 saturated heterocycles. The lowest BCUT2D eigenvalue weighted by Crippen LogP contribution is -2.52. The summed E-state index contributed by atoms with van der Waals surface area (Å²) in [6.07, 6.45) is 5.71. The van der Waals surface area contributed by atoms with E-state index in [9.17, 15) is 9.59 Å². The number of likely N-dealkylation sites (tertiary alicyclic amines) is 1. The van der Waals surface area contributed by atoms with Crippen molar-refractivity contribution in [3.63, 3.8) is 0 Å². The number of carbonyl (C=O) groups is 2. The number of likely N-dealkylation sites (N-methyl/N-ethyl adjacent to an activating group) is 1. The highest BCUT2D eigenvalue weighted by molar-refractivity contribution is 5.85. The van der Waals surface area contributed by atoms with E-state index in [0.717, 1.165) is 24.1 Å². The average molecular weight is 356 g/mol. The number of ether oxygens (including phenoxy) is 1. The van der Waals surface area contributed by atoms with Crippen LogP contribution < -0.4 is 0 Å². The maximum absolute atomic E-state index is 12.8. The van der Waals surface area contributed by atoms with Crippen LogP contribution in [-0.2, 0) is 16.1 Å². The summed E-state index contributed by atoms with van der Waals surface area (Å²) in [7, 11) is 3.12. The number of aromatic nitrogens is 2. The molecule has 0 aliphatic carbocycles. The third-order valence-electron chi connectivity index (χ3n) is 4.70. The molecule has 26 heavy (non-hydrogen) atoms. The minimum Gasteiger partial charge on any atom is -0.453 e. The molecule has 0 spiro atoms. The van der Waals surface area contributed by atoms with Gasteiger partial charge in [0.05, 0.1) is 12.8 Å². The smallest absolute Gasteiger partial charge is 0.410 e. The van der Waals surface area contributed by atoms with Crippen LogP contribution in [0.15, 0.2) is 42.7 Å². The molecule has 2 amide bonds. The maximum atomic E-state index is 12.8. The maximum Gasteiger partial charge on any atom is 0.410 e. The molecule has 1 aromatic heterocycles. The molecule has 7 nitrogen and oxygen atoms in total. The van der Waals surface area contributed by atoms with Crippen molar-refractivity contribution < 1.29 is 14.3 Å². The lowest BCUT2D eigenvalue weighted by Gasteiger charge is -2.35. The largest absolute Gasteiger partial charge is 0.453 e. The number of carbonyl (C=O) groups excluding carboxylic acids is 2. The highest BCUT2D eigenvalue weighted by Crippen LogP contribution is 2.20. The van der Waals surface area contributed by atoms with E-state index in [-0.39, 0.29) is 5.91 Å². The summed E-state index contributed by atoms with van der Waals surface area (Å²) >= 11 is 0. The number of nitrogens with zero attached hydrogens (tertiary/aromatic N) is 4. The molecule has 0 saturated carbocycles. The minimum atomic E-state index is -0.440. The van der Waals surface area contributed by atoms with E-state index in [1.54, 1.807) is 27.7 Å². The first-order chi connectivity index (χ1) is 12.6. The number of rotatable bonds is 4. The van der Waals surface area contributed by atoms with Crippen LogP contribution in [0.5, 0.6) is 0 Å². The van der Waals surface area contributed by atoms with E-state index in [4.69, 9.17) is 4.74 Å². The van der Waals surface area contributed by atoms with E-state index in [1.165, 1.54) is 7.11 Å². The van der Waals surface area contributed by atoms with Crippen molar-refractivity contribution in [3.8, 4) is 5.69 Å². The van der Waals surface area contributed by atoms with Crippen molar-refractivity contribution in [3.05, 3.63) is 48.3 Å². The van der Waals surface area contributed by atoms with Crippen LogP contribution >= 0.6 is 0 Å². The molecule has 1 aliphatic heterocycles. The molecule has 1 fully saturated rings. The van der Waals surface area contributed by atoms with Gasteiger partial charge in [-0.25, -0.2) is 9.48 Å². The fourth-order valence-electron chi connectivity index (χ4n) is 3.31. The van der Waals surface area contributed by atoms with Crippen molar-refractivity contribution in [2.45, 2.75) is 31.8 Å². The van der Waals surface area contributed by atoms with E-state index >= 15 is 0 Å². The SMILES string of the molecule is COC(=O)N1CCCCC1C(=O)N(C)Cc1ccc(-n2cccn2)cc1. The molecule has 1 aromatic carbocycles. The molecule has 1 aliphatic rings. The predicted octanol–water partition coefficient (Wildman–Crippen LogP) is 2.45. The fourth-order valence-corrected chi connectivity index (χ4v) is 3.31. The van der Waals surface area contributed by atoms with Gasteiger partial charge in [-0.05, 0) is 43.0 Å². The lowest BCUT2D eigenvalue weighted by atomic mass is 10.0. The van der Waals surface area contributed by atoms with E-state index in [2.05, 4.69) is 5.10 Å². The molecule has 0 N–H and O–H groups in total. The molecule has 1 atom stereocenters. The molecule has 0 bridgehead atoms. The fraction of sp³-hybridized carbons (Fsp3) is 0.421. The highest BCUT2D eigenvalue weighted by Gasteiger charge is 2.34. The molecule has 7 heteroatoms. The normalized spacial score (nSPS) is 17.0. The first-order valence-electron chi connectivity index (χ1n) is 8.78. The third-order valence-corrected chi connectivity index (χ3v) is 4.70. The molecule has 1 unspecified atom stereocenters. The van der Waals surface area contributed by atoms with Crippen molar-refractivity contribution in [2.24, 2.45) is 0 Å². The number of benzene rings is 1. The van der Waals surface area contributed by atoms with Gasteiger partial charge >= 0.3 is 6.09 Å². The standard InChI is InChI=1S/C19H24N4O3/c1-21(18(24)17-6-3-4-12-22(17)19(25)26-2)14-15-7-9-16(10-8-15)23-13-5-11-20-23/h5,7-11,13,17H,3-4,6,12,14H2,1-2H3. The molecular formula is C19H24N4O3. The van der Waals surface area contributed by atoms with E-state index in [1.807, 2.05) is 36.5 Å². The van der Waals surface area contributed by atoms with Crippen LogP contribution in [0.3, 0.4) is 0 Å². The third kappa shape index (κ3) is 3.87. The van der Waals surface area contributed by atoms with Crippen LogP contribution in [0.2, 0.25) is 0 Å². The van der Waals surface area contributed by atoms with Gasteiger partial charge < -0.3 is 9.64 Å². The Kier molecular flexibility index (Phi) is 5.55. The van der Waals surface area contributed by atoms with E-state index < -0.39 is 12.1 Å². The van der Waals surface area contributed by atoms with Crippen LogP contribution in [-0.4, -0.2) is 58.3 Å². The minimum absolute atomic E-state index is 0.0498. The van der Waals surface area contributed by atoms with E-state index in [0.29, 0.717) is 19.5 Å². The van der Waals surface area contributed by atoms with Crippen LogP contribution in [0.25, 0.3) is 5.69 Å². The quantitative estimate of drug-likeness (QED) is 0.844. The Balaban J connectivity index is 1.65. The number of amides is 2. The summed E-state index contributed by atoms with van der Waals surface area (Å²) in [5.41, 5.74) is 1.99. The Hall–Kier alpha value is -2.83. The first kappa shape index (κ1) is 18.0. The van der Waals surface area contributed by atoms with Crippen molar-refractivity contribution >= 4 is 12.0 Å². The molecule has 0 radical (unpaired) electrons. The Morgan fingerprint density at radius 1 is 1.27 bits per heavy atom. The summed E-state index contributed by atoms with van der Waals surface area (Å²) in [4.78, 5) is 28.0.